The van der Waals surface area contributed by atoms with Gasteiger partial charge in [-0.3, -0.25) is 4.79 Å². The molecule has 0 saturated heterocycles. The van der Waals surface area contributed by atoms with E-state index in [9.17, 15) is 4.79 Å². The van der Waals surface area contributed by atoms with Crippen LogP contribution in [0.25, 0.3) is 0 Å². The Balaban J connectivity index is 2.13. The van der Waals surface area contributed by atoms with E-state index in [2.05, 4.69) is 29.4 Å². The maximum absolute atomic E-state index is 12.0. The highest BCUT2D eigenvalue weighted by Gasteiger charge is 2.21. The standard InChI is InChI=1S/C11H14N4OS2/c1-6(2)8(7-4-3-5-17-7)13-9(16)10-14-15-11(12)18-10/h3-6,8H,1-2H3,(H2,12,15)(H,13,16). The molecule has 0 aliphatic rings. The summed E-state index contributed by atoms with van der Waals surface area (Å²) in [7, 11) is 0. The van der Waals surface area contributed by atoms with Crippen molar-refractivity contribution in [3.8, 4) is 0 Å². The van der Waals surface area contributed by atoms with Crippen LogP contribution in [0.2, 0.25) is 0 Å². The van der Waals surface area contributed by atoms with Crippen LogP contribution in [0.1, 0.15) is 34.6 Å². The van der Waals surface area contributed by atoms with Gasteiger partial charge in [-0.25, -0.2) is 0 Å². The molecule has 18 heavy (non-hydrogen) atoms. The number of carbonyl (C=O) groups excluding carboxylic acids is 1. The van der Waals surface area contributed by atoms with E-state index in [-0.39, 0.29) is 11.9 Å². The lowest BCUT2D eigenvalue weighted by atomic mass is 10.0. The predicted octanol–water partition coefficient (Wildman–Crippen LogP) is 2.31. The van der Waals surface area contributed by atoms with Crippen LogP contribution in [0.3, 0.4) is 0 Å². The molecule has 0 aliphatic heterocycles. The van der Waals surface area contributed by atoms with Crippen LogP contribution in [0.15, 0.2) is 17.5 Å². The van der Waals surface area contributed by atoms with Gasteiger partial charge in [0, 0.05) is 4.88 Å². The molecule has 0 saturated carbocycles. The van der Waals surface area contributed by atoms with Crippen LogP contribution in [-0.4, -0.2) is 16.1 Å². The average molecular weight is 282 g/mol. The molecule has 2 heterocycles. The molecule has 2 aromatic heterocycles. The molecule has 2 aromatic rings. The Morgan fingerprint density at radius 2 is 2.22 bits per heavy atom. The SMILES string of the molecule is CC(C)C(NC(=O)c1nnc(N)s1)c1cccs1. The molecule has 0 fully saturated rings. The summed E-state index contributed by atoms with van der Waals surface area (Å²) in [6.07, 6.45) is 0. The third-order valence-electron chi connectivity index (χ3n) is 2.44. The molecule has 0 aliphatic carbocycles. The minimum Gasteiger partial charge on any atom is -0.374 e. The van der Waals surface area contributed by atoms with Crippen molar-refractivity contribution in [3.05, 3.63) is 27.4 Å². The third-order valence-corrected chi connectivity index (χ3v) is 4.14. The van der Waals surface area contributed by atoms with Gasteiger partial charge in [0.1, 0.15) is 0 Å². The Morgan fingerprint density at radius 3 is 2.72 bits per heavy atom. The maximum atomic E-state index is 12.0. The van der Waals surface area contributed by atoms with Crippen molar-refractivity contribution in [1.29, 1.82) is 0 Å². The van der Waals surface area contributed by atoms with E-state index >= 15 is 0 Å². The van der Waals surface area contributed by atoms with Crippen molar-refractivity contribution in [2.45, 2.75) is 19.9 Å². The summed E-state index contributed by atoms with van der Waals surface area (Å²) in [5.74, 6) is 0.0779. The summed E-state index contributed by atoms with van der Waals surface area (Å²) in [5, 5.41) is 13.0. The number of nitrogens with two attached hydrogens (primary N) is 1. The Kier molecular flexibility index (Phi) is 3.93. The summed E-state index contributed by atoms with van der Waals surface area (Å²) in [5.41, 5.74) is 5.47. The molecule has 0 spiro atoms. The second kappa shape index (κ2) is 5.45. The highest BCUT2D eigenvalue weighted by molar-refractivity contribution is 7.16. The average Bonchev–Trinajstić information content (AvgIpc) is 2.95. The molecule has 3 N–H and O–H groups in total. The molecular weight excluding hydrogens is 268 g/mol. The van der Waals surface area contributed by atoms with Gasteiger partial charge in [0.2, 0.25) is 10.1 Å². The minimum absolute atomic E-state index is 0.0115. The molecule has 5 nitrogen and oxygen atoms in total. The molecule has 1 amide bonds. The molecule has 1 atom stereocenters. The number of carbonyl (C=O) groups is 1. The number of anilines is 1. The zero-order valence-electron chi connectivity index (χ0n) is 10.1. The van der Waals surface area contributed by atoms with E-state index in [1.807, 2.05) is 17.5 Å². The number of thiophene rings is 1. The summed E-state index contributed by atoms with van der Waals surface area (Å²) in [6.45, 7) is 4.14. The van der Waals surface area contributed by atoms with E-state index in [1.165, 1.54) is 0 Å². The van der Waals surface area contributed by atoms with Gasteiger partial charge in [-0.1, -0.05) is 31.3 Å². The van der Waals surface area contributed by atoms with Gasteiger partial charge in [0.05, 0.1) is 6.04 Å². The quantitative estimate of drug-likeness (QED) is 0.901. The first kappa shape index (κ1) is 13.0. The number of nitrogens with zero attached hydrogens (tertiary/aromatic N) is 2. The fourth-order valence-electron chi connectivity index (χ4n) is 1.56. The van der Waals surface area contributed by atoms with E-state index in [1.54, 1.807) is 11.3 Å². The van der Waals surface area contributed by atoms with Crippen LogP contribution in [0, 0.1) is 5.92 Å². The van der Waals surface area contributed by atoms with Gasteiger partial charge in [-0.15, -0.1) is 21.5 Å². The predicted molar refractivity (Wildman–Crippen MR) is 73.7 cm³/mol. The van der Waals surface area contributed by atoms with Crippen molar-refractivity contribution in [2.24, 2.45) is 5.92 Å². The minimum atomic E-state index is -0.226. The number of rotatable bonds is 4. The number of hydrogen-bond acceptors (Lipinski definition) is 6. The zero-order valence-corrected chi connectivity index (χ0v) is 11.7. The zero-order chi connectivity index (χ0) is 13.1. The van der Waals surface area contributed by atoms with Crippen LogP contribution in [0.5, 0.6) is 0 Å². The van der Waals surface area contributed by atoms with E-state index in [0.29, 0.717) is 16.1 Å². The van der Waals surface area contributed by atoms with E-state index in [4.69, 9.17) is 5.73 Å². The van der Waals surface area contributed by atoms with Crippen molar-refractivity contribution >= 4 is 33.7 Å². The van der Waals surface area contributed by atoms with Crippen LogP contribution in [-0.2, 0) is 0 Å². The van der Waals surface area contributed by atoms with E-state index < -0.39 is 0 Å². The Labute approximate surface area is 113 Å². The van der Waals surface area contributed by atoms with Crippen LogP contribution in [0.4, 0.5) is 5.13 Å². The maximum Gasteiger partial charge on any atom is 0.282 e. The fraction of sp³-hybridized carbons (Fsp3) is 0.364. The summed E-state index contributed by atoms with van der Waals surface area (Å²) < 4.78 is 0. The number of aromatic nitrogens is 2. The lowest BCUT2D eigenvalue weighted by molar-refractivity contribution is 0.0925. The molecule has 1 unspecified atom stereocenters. The van der Waals surface area contributed by atoms with Crippen molar-refractivity contribution < 1.29 is 4.79 Å². The van der Waals surface area contributed by atoms with Gasteiger partial charge in [-0.2, -0.15) is 0 Å². The second-order valence-corrected chi connectivity index (χ2v) is 6.14. The first-order chi connectivity index (χ1) is 8.58. The van der Waals surface area contributed by atoms with Gasteiger partial charge < -0.3 is 11.1 Å². The molecular formula is C11H14N4OS2. The summed E-state index contributed by atoms with van der Waals surface area (Å²) in [4.78, 5) is 13.1. The van der Waals surface area contributed by atoms with Gasteiger partial charge in [0.15, 0.2) is 0 Å². The Hall–Kier alpha value is -1.47. The third kappa shape index (κ3) is 2.85. The molecule has 0 bridgehead atoms. The molecule has 96 valence electrons. The number of nitrogen functional groups attached to an aromatic ring is 1. The lowest BCUT2D eigenvalue weighted by Crippen LogP contribution is -2.31. The highest BCUT2D eigenvalue weighted by atomic mass is 32.1. The van der Waals surface area contributed by atoms with Gasteiger partial charge in [0.25, 0.3) is 5.91 Å². The van der Waals surface area contributed by atoms with Crippen molar-refractivity contribution in [2.75, 3.05) is 5.73 Å². The largest absolute Gasteiger partial charge is 0.374 e. The highest BCUT2D eigenvalue weighted by Crippen LogP contribution is 2.26. The lowest BCUT2D eigenvalue weighted by Gasteiger charge is -2.20. The van der Waals surface area contributed by atoms with E-state index in [0.717, 1.165) is 16.2 Å². The fourth-order valence-corrected chi connectivity index (χ4v) is 3.03. The normalized spacial score (nSPS) is 12.6. The molecule has 7 heteroatoms. The first-order valence-electron chi connectivity index (χ1n) is 5.51. The van der Waals surface area contributed by atoms with Crippen molar-refractivity contribution in [1.82, 2.24) is 15.5 Å². The van der Waals surface area contributed by atoms with Gasteiger partial charge >= 0.3 is 0 Å². The number of nitrogens with one attached hydrogen (secondary N) is 1. The van der Waals surface area contributed by atoms with Gasteiger partial charge in [-0.05, 0) is 17.4 Å². The monoisotopic (exact) mass is 282 g/mol. The van der Waals surface area contributed by atoms with Crippen molar-refractivity contribution in [3.63, 3.8) is 0 Å². The van der Waals surface area contributed by atoms with Crippen LogP contribution >= 0.6 is 22.7 Å². The summed E-state index contributed by atoms with van der Waals surface area (Å²) >= 11 is 2.72. The number of amides is 1. The molecule has 0 radical (unpaired) electrons. The smallest absolute Gasteiger partial charge is 0.282 e. The topological polar surface area (TPSA) is 80.9 Å². The summed E-state index contributed by atoms with van der Waals surface area (Å²) in [6, 6.07) is 3.98. The Bertz CT molecular complexity index is 521. The molecule has 2 rings (SSSR count). The molecule has 0 aromatic carbocycles. The Morgan fingerprint density at radius 1 is 1.44 bits per heavy atom. The van der Waals surface area contributed by atoms with Crippen LogP contribution < -0.4 is 11.1 Å². The first-order valence-corrected chi connectivity index (χ1v) is 7.20. The second-order valence-electron chi connectivity index (χ2n) is 4.16. The number of hydrogen-bond donors (Lipinski definition) is 2.